The molecule has 0 aromatic carbocycles. The number of aromatic nitrogens is 2. The van der Waals surface area contributed by atoms with E-state index < -0.39 is 0 Å². The topological polar surface area (TPSA) is 67.1 Å². The third kappa shape index (κ3) is 4.54. The smallest absolute Gasteiger partial charge is 0.145 e. The number of anilines is 2. The molecule has 0 saturated heterocycles. The summed E-state index contributed by atoms with van der Waals surface area (Å²) in [5, 5.41) is 0. The normalized spacial score (nSPS) is 12.3. The zero-order valence-electron chi connectivity index (χ0n) is 12.3. The Morgan fingerprint density at radius 2 is 2.16 bits per heavy atom. The van der Waals surface area contributed by atoms with Crippen molar-refractivity contribution in [2.24, 2.45) is 5.84 Å². The van der Waals surface area contributed by atoms with Crippen LogP contribution >= 0.6 is 11.8 Å². The second-order valence-electron chi connectivity index (χ2n) is 4.55. The van der Waals surface area contributed by atoms with E-state index in [1.807, 2.05) is 17.8 Å². The van der Waals surface area contributed by atoms with Gasteiger partial charge in [-0.15, -0.1) is 0 Å². The molecule has 108 valence electrons. The Hall–Kier alpha value is -1.01. The number of thioether (sulfide) groups is 1. The number of hydrazine groups is 1. The van der Waals surface area contributed by atoms with Crippen LogP contribution < -0.4 is 16.2 Å². The van der Waals surface area contributed by atoms with Crippen molar-refractivity contribution in [1.29, 1.82) is 0 Å². The minimum atomic E-state index is 0.477. The lowest BCUT2D eigenvalue weighted by Gasteiger charge is -2.28. The highest BCUT2D eigenvalue weighted by Crippen LogP contribution is 2.20. The molecule has 1 aromatic heterocycles. The number of nitrogens with zero attached hydrogens (tertiary/aromatic N) is 3. The summed E-state index contributed by atoms with van der Waals surface area (Å²) in [6.07, 6.45) is 5.12. The van der Waals surface area contributed by atoms with Crippen molar-refractivity contribution >= 4 is 23.4 Å². The van der Waals surface area contributed by atoms with Crippen molar-refractivity contribution in [3.8, 4) is 0 Å². The summed E-state index contributed by atoms with van der Waals surface area (Å²) in [7, 11) is 2.09. The van der Waals surface area contributed by atoms with E-state index in [0.717, 1.165) is 36.7 Å². The lowest BCUT2D eigenvalue weighted by atomic mass is 10.2. The Labute approximate surface area is 120 Å². The molecule has 1 rings (SSSR count). The Kier molecular flexibility index (Phi) is 6.94. The SMILES string of the molecule is CCCc1nc(NN)cc(N(C)C(CC)CSC)n1. The molecular formula is C13H25N5S. The third-order valence-corrected chi connectivity index (χ3v) is 3.84. The molecule has 0 spiro atoms. The first-order chi connectivity index (χ1) is 9.15. The third-order valence-electron chi connectivity index (χ3n) is 3.12. The number of nitrogens with two attached hydrogens (primary N) is 1. The largest absolute Gasteiger partial charge is 0.356 e. The van der Waals surface area contributed by atoms with Crippen LogP contribution in [0.25, 0.3) is 0 Å². The highest BCUT2D eigenvalue weighted by Gasteiger charge is 2.15. The molecule has 1 atom stereocenters. The second-order valence-corrected chi connectivity index (χ2v) is 5.46. The van der Waals surface area contributed by atoms with Crippen LogP contribution in [-0.4, -0.2) is 35.1 Å². The van der Waals surface area contributed by atoms with Crippen molar-refractivity contribution in [2.45, 2.75) is 39.2 Å². The van der Waals surface area contributed by atoms with E-state index >= 15 is 0 Å². The quantitative estimate of drug-likeness (QED) is 0.563. The van der Waals surface area contributed by atoms with Gasteiger partial charge in [-0.3, -0.25) is 0 Å². The molecule has 0 aliphatic rings. The number of aryl methyl sites for hydroxylation is 1. The maximum Gasteiger partial charge on any atom is 0.145 e. The highest BCUT2D eigenvalue weighted by molar-refractivity contribution is 7.98. The summed E-state index contributed by atoms with van der Waals surface area (Å²) in [6, 6.07) is 2.38. The van der Waals surface area contributed by atoms with Crippen LogP contribution in [0.15, 0.2) is 6.07 Å². The maximum absolute atomic E-state index is 5.49. The minimum absolute atomic E-state index is 0.477. The van der Waals surface area contributed by atoms with Crippen LogP contribution in [0.5, 0.6) is 0 Å². The van der Waals surface area contributed by atoms with Crippen molar-refractivity contribution in [2.75, 3.05) is 29.4 Å². The Bertz CT molecular complexity index is 385. The van der Waals surface area contributed by atoms with Crippen molar-refractivity contribution in [3.63, 3.8) is 0 Å². The molecule has 3 N–H and O–H groups in total. The standard InChI is InChI=1S/C13H25N5S/c1-5-7-11-15-12(17-14)8-13(16-11)18(3)10(6-2)9-19-4/h8,10H,5-7,9,14H2,1-4H3,(H,15,16,17). The van der Waals surface area contributed by atoms with Gasteiger partial charge in [0.05, 0.1) is 0 Å². The lowest BCUT2D eigenvalue weighted by molar-refractivity contribution is 0.661. The van der Waals surface area contributed by atoms with E-state index in [1.54, 1.807) is 0 Å². The Morgan fingerprint density at radius 1 is 1.42 bits per heavy atom. The molecule has 0 saturated carbocycles. The summed E-state index contributed by atoms with van der Waals surface area (Å²) in [5.74, 6) is 9.04. The number of nitrogens with one attached hydrogen (secondary N) is 1. The monoisotopic (exact) mass is 283 g/mol. The number of nitrogen functional groups attached to an aromatic ring is 1. The van der Waals surface area contributed by atoms with Crippen LogP contribution in [0.3, 0.4) is 0 Å². The molecule has 0 aliphatic carbocycles. The first kappa shape index (κ1) is 16.0. The molecule has 1 heterocycles. The molecule has 6 heteroatoms. The molecule has 19 heavy (non-hydrogen) atoms. The summed E-state index contributed by atoms with van der Waals surface area (Å²) < 4.78 is 0. The minimum Gasteiger partial charge on any atom is -0.356 e. The van der Waals surface area contributed by atoms with Crippen LogP contribution in [-0.2, 0) is 6.42 Å². The zero-order valence-corrected chi connectivity index (χ0v) is 13.1. The van der Waals surface area contributed by atoms with Gasteiger partial charge in [-0.2, -0.15) is 11.8 Å². The Balaban J connectivity index is 2.99. The number of rotatable bonds is 8. The first-order valence-corrected chi connectivity index (χ1v) is 8.11. The van der Waals surface area contributed by atoms with Gasteiger partial charge in [-0.1, -0.05) is 13.8 Å². The van der Waals surface area contributed by atoms with Gasteiger partial charge >= 0.3 is 0 Å². The summed E-state index contributed by atoms with van der Waals surface area (Å²) >= 11 is 1.86. The average Bonchev–Trinajstić information content (AvgIpc) is 2.44. The average molecular weight is 283 g/mol. The molecule has 5 nitrogen and oxygen atoms in total. The van der Waals surface area contributed by atoms with E-state index in [-0.39, 0.29) is 0 Å². The van der Waals surface area contributed by atoms with Gasteiger partial charge in [0.1, 0.15) is 17.5 Å². The van der Waals surface area contributed by atoms with E-state index in [4.69, 9.17) is 5.84 Å². The predicted molar refractivity (Wildman–Crippen MR) is 84.7 cm³/mol. The van der Waals surface area contributed by atoms with Crippen LogP contribution in [0.1, 0.15) is 32.5 Å². The summed E-state index contributed by atoms with van der Waals surface area (Å²) in [6.45, 7) is 4.32. The molecule has 0 fully saturated rings. The first-order valence-electron chi connectivity index (χ1n) is 6.72. The number of hydrogen-bond acceptors (Lipinski definition) is 6. The van der Waals surface area contributed by atoms with Crippen molar-refractivity contribution in [1.82, 2.24) is 9.97 Å². The van der Waals surface area contributed by atoms with E-state index in [0.29, 0.717) is 11.9 Å². The van der Waals surface area contributed by atoms with Crippen molar-refractivity contribution < 1.29 is 0 Å². The van der Waals surface area contributed by atoms with Gasteiger partial charge in [-0.25, -0.2) is 15.8 Å². The summed E-state index contributed by atoms with van der Waals surface area (Å²) in [4.78, 5) is 11.2. The van der Waals surface area contributed by atoms with E-state index in [1.165, 1.54) is 0 Å². The summed E-state index contributed by atoms with van der Waals surface area (Å²) in [5.41, 5.74) is 2.63. The number of hydrogen-bond donors (Lipinski definition) is 2. The van der Waals surface area contributed by atoms with Crippen LogP contribution in [0.2, 0.25) is 0 Å². The van der Waals surface area contributed by atoms with Crippen LogP contribution in [0, 0.1) is 0 Å². The molecule has 0 amide bonds. The van der Waals surface area contributed by atoms with Crippen LogP contribution in [0.4, 0.5) is 11.6 Å². The van der Waals surface area contributed by atoms with Gasteiger partial charge < -0.3 is 10.3 Å². The van der Waals surface area contributed by atoms with E-state index in [9.17, 15) is 0 Å². The van der Waals surface area contributed by atoms with Gasteiger partial charge in [0.15, 0.2) is 0 Å². The molecule has 1 aromatic rings. The van der Waals surface area contributed by atoms with E-state index in [2.05, 4.69) is 47.4 Å². The fraction of sp³-hybridized carbons (Fsp3) is 0.692. The van der Waals surface area contributed by atoms with Crippen molar-refractivity contribution in [3.05, 3.63) is 11.9 Å². The Morgan fingerprint density at radius 3 is 2.68 bits per heavy atom. The molecule has 1 unspecified atom stereocenters. The van der Waals surface area contributed by atoms with Gasteiger partial charge in [0.25, 0.3) is 0 Å². The molecule has 0 bridgehead atoms. The fourth-order valence-electron chi connectivity index (χ4n) is 1.96. The fourth-order valence-corrected chi connectivity index (χ4v) is 2.80. The molecule has 0 aliphatic heterocycles. The second kappa shape index (κ2) is 8.22. The molecular weight excluding hydrogens is 258 g/mol. The van der Waals surface area contributed by atoms with Gasteiger partial charge in [-0.05, 0) is 19.1 Å². The highest BCUT2D eigenvalue weighted by atomic mass is 32.2. The lowest BCUT2D eigenvalue weighted by Crippen LogP contribution is -2.34. The van der Waals surface area contributed by atoms with Gasteiger partial charge in [0, 0.05) is 31.3 Å². The zero-order chi connectivity index (χ0) is 14.3. The van der Waals surface area contributed by atoms with Gasteiger partial charge in [0.2, 0.25) is 0 Å². The maximum atomic E-state index is 5.49. The molecule has 0 radical (unpaired) electrons. The predicted octanol–water partition coefficient (Wildman–Crippen LogP) is 2.29.